The molecular weight excluding hydrogens is 168 g/mol. The summed E-state index contributed by atoms with van der Waals surface area (Å²) < 4.78 is 0. The Balaban J connectivity index is 2.18. The van der Waals surface area contributed by atoms with Crippen molar-refractivity contribution in [2.75, 3.05) is 11.9 Å². The van der Waals surface area contributed by atoms with E-state index in [1.807, 2.05) is 0 Å². The van der Waals surface area contributed by atoms with Gasteiger partial charge in [0, 0.05) is 6.42 Å². The minimum atomic E-state index is -0.00213. The number of carbonyl (C=O) groups is 1. The Hall–Kier alpha value is -1.36. The van der Waals surface area contributed by atoms with Crippen molar-refractivity contribution in [2.45, 2.75) is 19.3 Å². The smallest absolute Gasteiger partial charge is 0.225 e. The van der Waals surface area contributed by atoms with Gasteiger partial charge in [-0.15, -0.1) is 0 Å². The second kappa shape index (κ2) is 5.31. The van der Waals surface area contributed by atoms with E-state index in [0.717, 1.165) is 12.8 Å². The maximum atomic E-state index is 11.2. The van der Waals surface area contributed by atoms with Gasteiger partial charge < -0.3 is 16.0 Å². The lowest BCUT2D eigenvalue weighted by Gasteiger charge is -2.00. The first kappa shape index (κ1) is 9.73. The van der Waals surface area contributed by atoms with E-state index in [-0.39, 0.29) is 5.91 Å². The van der Waals surface area contributed by atoms with Crippen LogP contribution in [-0.2, 0) is 4.79 Å². The average molecular weight is 182 g/mol. The van der Waals surface area contributed by atoms with E-state index in [9.17, 15) is 4.79 Å². The minimum absolute atomic E-state index is 0.00213. The number of H-pyrrole nitrogens is 1. The fraction of sp³-hybridized carbons (Fsp3) is 0.500. The lowest BCUT2D eigenvalue weighted by atomic mass is 10.2. The summed E-state index contributed by atoms with van der Waals surface area (Å²) in [5.74, 6) is 0.635. The number of rotatable bonds is 5. The molecule has 1 aromatic heterocycles. The zero-order chi connectivity index (χ0) is 9.52. The summed E-state index contributed by atoms with van der Waals surface area (Å²) in [6.07, 6.45) is 5.32. The molecule has 0 unspecified atom stereocenters. The number of hydrogen-bond donors (Lipinski definition) is 3. The number of imidazole rings is 1. The van der Waals surface area contributed by atoms with Gasteiger partial charge in [-0.25, -0.2) is 4.98 Å². The Bertz CT molecular complexity index is 245. The van der Waals surface area contributed by atoms with E-state index in [0.29, 0.717) is 18.8 Å². The molecule has 0 saturated carbocycles. The average Bonchev–Trinajstić information content (AvgIpc) is 2.57. The first-order chi connectivity index (χ1) is 6.33. The van der Waals surface area contributed by atoms with Crippen LogP contribution in [0.2, 0.25) is 0 Å². The standard InChI is InChI=1S/C8H14N4O/c9-4-2-1-3-8(13)12-7-5-10-6-11-7/h5-6H,1-4,9H2,(H,10,11)(H,12,13). The fourth-order valence-corrected chi connectivity index (χ4v) is 0.967. The van der Waals surface area contributed by atoms with Crippen molar-refractivity contribution >= 4 is 11.7 Å². The van der Waals surface area contributed by atoms with Crippen LogP contribution < -0.4 is 11.1 Å². The Morgan fingerprint density at radius 2 is 2.46 bits per heavy atom. The fourth-order valence-electron chi connectivity index (χ4n) is 0.967. The zero-order valence-corrected chi connectivity index (χ0v) is 7.42. The van der Waals surface area contributed by atoms with Crippen LogP contribution in [-0.4, -0.2) is 22.4 Å². The molecule has 0 aliphatic heterocycles. The number of aromatic nitrogens is 2. The van der Waals surface area contributed by atoms with Crippen molar-refractivity contribution in [1.29, 1.82) is 0 Å². The highest BCUT2D eigenvalue weighted by Crippen LogP contribution is 2.01. The van der Waals surface area contributed by atoms with E-state index in [2.05, 4.69) is 15.3 Å². The van der Waals surface area contributed by atoms with Gasteiger partial charge in [-0.1, -0.05) is 0 Å². The first-order valence-electron chi connectivity index (χ1n) is 4.31. The molecule has 0 bridgehead atoms. The van der Waals surface area contributed by atoms with Crippen molar-refractivity contribution in [3.63, 3.8) is 0 Å². The third kappa shape index (κ3) is 3.71. The van der Waals surface area contributed by atoms with Crippen molar-refractivity contribution in [1.82, 2.24) is 9.97 Å². The second-order valence-electron chi connectivity index (χ2n) is 2.76. The predicted octanol–water partition coefficient (Wildman–Crippen LogP) is 0.477. The molecule has 0 atom stereocenters. The maximum Gasteiger partial charge on any atom is 0.225 e. The van der Waals surface area contributed by atoms with E-state index >= 15 is 0 Å². The summed E-state index contributed by atoms with van der Waals surface area (Å²) in [6, 6.07) is 0. The number of nitrogens with zero attached hydrogens (tertiary/aromatic N) is 1. The van der Waals surface area contributed by atoms with Crippen LogP contribution >= 0.6 is 0 Å². The SMILES string of the molecule is NCCCCC(=O)Nc1cnc[nH]1. The van der Waals surface area contributed by atoms with Gasteiger partial charge in [0.15, 0.2) is 0 Å². The van der Waals surface area contributed by atoms with Gasteiger partial charge >= 0.3 is 0 Å². The van der Waals surface area contributed by atoms with E-state index in [4.69, 9.17) is 5.73 Å². The highest BCUT2D eigenvalue weighted by Gasteiger charge is 2.01. The Morgan fingerprint density at radius 1 is 1.62 bits per heavy atom. The van der Waals surface area contributed by atoms with Crippen LogP contribution in [0.3, 0.4) is 0 Å². The summed E-state index contributed by atoms with van der Waals surface area (Å²) in [5, 5.41) is 2.68. The third-order valence-electron chi connectivity index (χ3n) is 1.63. The molecule has 1 heterocycles. The Morgan fingerprint density at radius 3 is 3.08 bits per heavy atom. The largest absolute Gasteiger partial charge is 0.331 e. The number of anilines is 1. The van der Waals surface area contributed by atoms with Crippen LogP contribution in [0.5, 0.6) is 0 Å². The maximum absolute atomic E-state index is 11.2. The Kier molecular flexibility index (Phi) is 3.98. The number of carbonyl (C=O) groups excluding carboxylic acids is 1. The van der Waals surface area contributed by atoms with Crippen molar-refractivity contribution in [2.24, 2.45) is 5.73 Å². The number of hydrogen-bond acceptors (Lipinski definition) is 3. The van der Waals surface area contributed by atoms with Crippen LogP contribution in [0.4, 0.5) is 5.82 Å². The molecule has 0 spiro atoms. The summed E-state index contributed by atoms with van der Waals surface area (Å²) in [7, 11) is 0. The predicted molar refractivity (Wildman–Crippen MR) is 50.1 cm³/mol. The molecule has 1 rings (SSSR count). The number of nitrogens with two attached hydrogens (primary N) is 1. The number of aromatic amines is 1. The first-order valence-corrected chi connectivity index (χ1v) is 4.31. The van der Waals surface area contributed by atoms with Crippen LogP contribution in [0.1, 0.15) is 19.3 Å². The third-order valence-corrected chi connectivity index (χ3v) is 1.63. The molecule has 1 aromatic rings. The molecule has 13 heavy (non-hydrogen) atoms. The normalized spacial score (nSPS) is 9.92. The molecule has 1 amide bonds. The summed E-state index contributed by atoms with van der Waals surface area (Å²) in [4.78, 5) is 17.8. The lowest BCUT2D eigenvalue weighted by Crippen LogP contribution is -2.12. The molecule has 0 aliphatic carbocycles. The number of amides is 1. The quantitative estimate of drug-likeness (QED) is 0.579. The van der Waals surface area contributed by atoms with E-state index < -0.39 is 0 Å². The highest BCUT2D eigenvalue weighted by molar-refractivity contribution is 5.89. The summed E-state index contributed by atoms with van der Waals surface area (Å²) in [6.45, 7) is 0.636. The van der Waals surface area contributed by atoms with Gasteiger partial charge in [-0.05, 0) is 19.4 Å². The molecule has 5 heteroatoms. The molecule has 4 N–H and O–H groups in total. The monoisotopic (exact) mass is 182 g/mol. The van der Waals surface area contributed by atoms with Gasteiger partial charge in [0.25, 0.3) is 0 Å². The van der Waals surface area contributed by atoms with Crippen molar-refractivity contribution in [3.8, 4) is 0 Å². The lowest BCUT2D eigenvalue weighted by molar-refractivity contribution is -0.116. The van der Waals surface area contributed by atoms with Gasteiger partial charge in [0.05, 0.1) is 12.5 Å². The van der Waals surface area contributed by atoms with Crippen LogP contribution in [0, 0.1) is 0 Å². The highest BCUT2D eigenvalue weighted by atomic mass is 16.1. The summed E-state index contributed by atoms with van der Waals surface area (Å²) >= 11 is 0. The Labute approximate surface area is 76.7 Å². The topological polar surface area (TPSA) is 83.8 Å². The molecule has 0 radical (unpaired) electrons. The van der Waals surface area contributed by atoms with Crippen LogP contribution in [0.15, 0.2) is 12.5 Å². The number of nitrogens with one attached hydrogen (secondary N) is 2. The molecule has 5 nitrogen and oxygen atoms in total. The summed E-state index contributed by atoms with van der Waals surface area (Å²) in [5.41, 5.74) is 5.30. The zero-order valence-electron chi connectivity index (χ0n) is 7.42. The van der Waals surface area contributed by atoms with Crippen molar-refractivity contribution < 1.29 is 4.79 Å². The molecular formula is C8H14N4O. The van der Waals surface area contributed by atoms with E-state index in [1.165, 1.54) is 6.33 Å². The number of unbranched alkanes of at least 4 members (excludes halogenated alkanes) is 1. The molecule has 0 fully saturated rings. The van der Waals surface area contributed by atoms with Gasteiger partial charge in [-0.2, -0.15) is 0 Å². The minimum Gasteiger partial charge on any atom is -0.331 e. The van der Waals surface area contributed by atoms with Crippen molar-refractivity contribution in [3.05, 3.63) is 12.5 Å². The van der Waals surface area contributed by atoms with Gasteiger partial charge in [0.1, 0.15) is 5.82 Å². The molecule has 0 aromatic carbocycles. The molecule has 72 valence electrons. The van der Waals surface area contributed by atoms with Gasteiger partial charge in [0.2, 0.25) is 5.91 Å². The van der Waals surface area contributed by atoms with Crippen LogP contribution in [0.25, 0.3) is 0 Å². The van der Waals surface area contributed by atoms with Gasteiger partial charge in [-0.3, -0.25) is 4.79 Å². The van der Waals surface area contributed by atoms with E-state index in [1.54, 1.807) is 6.20 Å². The molecule has 0 aliphatic rings. The second-order valence-corrected chi connectivity index (χ2v) is 2.76. The molecule has 0 saturated heterocycles.